The number of nitrogens with two attached hydrogens (primary N) is 1. The zero-order chi connectivity index (χ0) is 15.8. The molecule has 3 N–H and O–H groups in total. The molecule has 0 heterocycles. The van der Waals surface area contributed by atoms with E-state index in [0.29, 0.717) is 17.2 Å². The maximum absolute atomic E-state index is 5.30. The molecule has 0 fully saturated rings. The zero-order valence-electron chi connectivity index (χ0n) is 12.5. The van der Waals surface area contributed by atoms with Gasteiger partial charge in [0.2, 0.25) is 5.75 Å². The monoisotopic (exact) mass is 309 g/mol. The van der Waals surface area contributed by atoms with Crippen LogP contribution in [0.3, 0.4) is 0 Å². The average Bonchev–Trinajstić information content (AvgIpc) is 2.49. The summed E-state index contributed by atoms with van der Waals surface area (Å²) < 4.78 is 15.8. The van der Waals surface area contributed by atoms with Crippen molar-refractivity contribution < 1.29 is 14.2 Å². The lowest BCUT2D eigenvalue weighted by molar-refractivity contribution is 0.324. The molecule has 1 aromatic rings. The Bertz CT molecular complexity index is 546. The van der Waals surface area contributed by atoms with E-state index in [2.05, 4.69) is 22.7 Å². The second kappa shape index (κ2) is 8.11. The van der Waals surface area contributed by atoms with E-state index in [4.69, 9.17) is 19.9 Å². The molecule has 0 unspecified atom stereocenters. The van der Waals surface area contributed by atoms with Crippen molar-refractivity contribution in [2.24, 2.45) is 10.8 Å². The van der Waals surface area contributed by atoms with Gasteiger partial charge in [-0.25, -0.2) is 0 Å². The molecule has 0 aliphatic heterocycles. The molecule has 1 rings (SSSR count). The van der Waals surface area contributed by atoms with Crippen molar-refractivity contribution >= 4 is 29.1 Å². The fourth-order valence-electron chi connectivity index (χ4n) is 1.59. The normalized spacial score (nSPS) is 11.3. The summed E-state index contributed by atoms with van der Waals surface area (Å²) in [5.74, 6) is 1.73. The molecular weight excluding hydrogens is 290 g/mol. The molecule has 0 aliphatic rings. The van der Waals surface area contributed by atoms with Gasteiger partial charge in [-0.1, -0.05) is 6.08 Å². The van der Waals surface area contributed by atoms with Gasteiger partial charge in [0.25, 0.3) is 0 Å². The van der Waals surface area contributed by atoms with Crippen molar-refractivity contribution in [3.8, 4) is 17.2 Å². The Hall–Kier alpha value is -2.28. The lowest BCUT2D eigenvalue weighted by Crippen LogP contribution is -2.24. The number of allylic oxidation sites excluding steroid dienone is 1. The maximum Gasteiger partial charge on any atom is 0.203 e. The van der Waals surface area contributed by atoms with Gasteiger partial charge in [0.15, 0.2) is 16.6 Å². The molecule has 0 bridgehead atoms. The van der Waals surface area contributed by atoms with Gasteiger partial charge in [-0.3, -0.25) is 5.43 Å². The molecule has 0 radical (unpaired) electrons. The third kappa shape index (κ3) is 4.96. The molecule has 21 heavy (non-hydrogen) atoms. The van der Waals surface area contributed by atoms with Gasteiger partial charge in [-0.05, 0) is 42.9 Å². The smallest absolute Gasteiger partial charge is 0.203 e. The lowest BCUT2D eigenvalue weighted by atomic mass is 10.1. The van der Waals surface area contributed by atoms with Crippen molar-refractivity contribution in [2.75, 3.05) is 21.3 Å². The van der Waals surface area contributed by atoms with E-state index in [-0.39, 0.29) is 5.11 Å². The number of hydrogen-bond acceptors (Lipinski definition) is 5. The van der Waals surface area contributed by atoms with Crippen molar-refractivity contribution in [3.63, 3.8) is 0 Å². The zero-order valence-corrected chi connectivity index (χ0v) is 13.3. The van der Waals surface area contributed by atoms with E-state index >= 15 is 0 Å². The van der Waals surface area contributed by atoms with Crippen molar-refractivity contribution in [1.29, 1.82) is 0 Å². The van der Waals surface area contributed by atoms with Gasteiger partial charge >= 0.3 is 0 Å². The first-order chi connectivity index (χ1) is 10.0. The third-order valence-electron chi connectivity index (χ3n) is 2.55. The highest BCUT2D eigenvalue weighted by Gasteiger charge is 2.11. The number of rotatable bonds is 6. The Balaban J connectivity index is 3.03. The number of nitrogens with one attached hydrogen (secondary N) is 1. The summed E-state index contributed by atoms with van der Waals surface area (Å²) in [7, 11) is 4.71. The van der Waals surface area contributed by atoms with Gasteiger partial charge in [0.1, 0.15) is 0 Å². The molecule has 7 heteroatoms. The molecule has 0 spiro atoms. The summed E-state index contributed by atoms with van der Waals surface area (Å²) in [5.41, 5.74) is 9.42. The summed E-state index contributed by atoms with van der Waals surface area (Å²) in [6.45, 7) is 1.82. The Morgan fingerprint density at radius 1 is 1.19 bits per heavy atom. The van der Waals surface area contributed by atoms with Gasteiger partial charge in [-0.2, -0.15) is 5.10 Å². The first-order valence-corrected chi connectivity index (χ1v) is 6.50. The fourth-order valence-corrected chi connectivity index (χ4v) is 1.64. The second-order valence-electron chi connectivity index (χ2n) is 4.02. The predicted molar refractivity (Wildman–Crippen MR) is 88.2 cm³/mol. The minimum absolute atomic E-state index is 0.121. The van der Waals surface area contributed by atoms with Crippen LogP contribution in [0, 0.1) is 0 Å². The van der Waals surface area contributed by atoms with E-state index in [9.17, 15) is 0 Å². The van der Waals surface area contributed by atoms with Crippen LogP contribution in [-0.2, 0) is 0 Å². The van der Waals surface area contributed by atoms with Gasteiger partial charge < -0.3 is 19.9 Å². The molecule has 0 aromatic heterocycles. The molecular formula is C14H19N3O3S. The minimum Gasteiger partial charge on any atom is -0.493 e. The van der Waals surface area contributed by atoms with Crippen LogP contribution >= 0.6 is 12.2 Å². The number of nitrogens with zero attached hydrogens (tertiary/aromatic N) is 1. The second-order valence-corrected chi connectivity index (χ2v) is 4.46. The van der Waals surface area contributed by atoms with Crippen molar-refractivity contribution in [1.82, 2.24) is 5.43 Å². The Morgan fingerprint density at radius 2 is 1.76 bits per heavy atom. The van der Waals surface area contributed by atoms with E-state index in [1.54, 1.807) is 21.3 Å². The molecule has 0 amide bonds. The highest BCUT2D eigenvalue weighted by atomic mass is 32.1. The van der Waals surface area contributed by atoms with Crippen molar-refractivity contribution in [3.05, 3.63) is 23.8 Å². The van der Waals surface area contributed by atoms with Crippen LogP contribution in [0.2, 0.25) is 0 Å². The summed E-state index contributed by atoms with van der Waals surface area (Å²) in [4.78, 5) is 0. The van der Waals surface area contributed by atoms with E-state index in [0.717, 1.165) is 11.3 Å². The van der Waals surface area contributed by atoms with E-state index in [1.807, 2.05) is 31.2 Å². The van der Waals surface area contributed by atoms with E-state index in [1.165, 1.54) is 0 Å². The van der Waals surface area contributed by atoms with Gasteiger partial charge in [0, 0.05) is 0 Å². The Morgan fingerprint density at radius 3 is 2.19 bits per heavy atom. The third-order valence-corrected chi connectivity index (χ3v) is 2.64. The Kier molecular flexibility index (Phi) is 6.48. The molecule has 1 aromatic carbocycles. The predicted octanol–water partition coefficient (Wildman–Crippen LogP) is 1.93. The summed E-state index contributed by atoms with van der Waals surface area (Å²) in [6, 6.07) is 3.68. The van der Waals surface area contributed by atoms with E-state index < -0.39 is 0 Å². The highest BCUT2D eigenvalue weighted by Crippen LogP contribution is 2.38. The topological polar surface area (TPSA) is 78.1 Å². The fraction of sp³-hybridized carbons (Fsp3) is 0.286. The van der Waals surface area contributed by atoms with Gasteiger partial charge in [0.05, 0.1) is 27.0 Å². The number of hydrazone groups is 1. The molecule has 6 nitrogen and oxygen atoms in total. The number of hydrogen-bond donors (Lipinski definition) is 2. The SMILES string of the molecule is COc1cc(/C=C\C(C)=N\NC(N)=S)cc(OC)c1OC. The molecule has 0 aliphatic carbocycles. The molecule has 0 saturated carbocycles. The average molecular weight is 309 g/mol. The summed E-state index contributed by atoms with van der Waals surface area (Å²) in [6.07, 6.45) is 3.68. The van der Waals surface area contributed by atoms with Crippen LogP contribution in [0.5, 0.6) is 17.2 Å². The number of thiocarbonyl (C=S) groups is 1. The van der Waals surface area contributed by atoms with Crippen LogP contribution in [0.4, 0.5) is 0 Å². The summed E-state index contributed by atoms with van der Waals surface area (Å²) >= 11 is 4.67. The van der Waals surface area contributed by atoms with Crippen LogP contribution in [-0.4, -0.2) is 32.2 Å². The standard InChI is InChI=1S/C14H19N3O3S/c1-9(16-17-14(15)21)5-6-10-7-11(18-2)13(20-4)12(8-10)19-3/h5-8H,1-4H3,(H3,15,17,21)/b6-5-,16-9+. The van der Waals surface area contributed by atoms with Crippen LogP contribution in [0.1, 0.15) is 12.5 Å². The van der Waals surface area contributed by atoms with Crippen LogP contribution < -0.4 is 25.4 Å². The number of ether oxygens (including phenoxy) is 3. The highest BCUT2D eigenvalue weighted by molar-refractivity contribution is 7.80. The first-order valence-electron chi connectivity index (χ1n) is 6.09. The maximum atomic E-state index is 5.30. The number of benzene rings is 1. The van der Waals surface area contributed by atoms with Crippen molar-refractivity contribution in [2.45, 2.75) is 6.92 Å². The largest absolute Gasteiger partial charge is 0.493 e. The molecule has 0 saturated heterocycles. The van der Waals surface area contributed by atoms with Crippen LogP contribution in [0.25, 0.3) is 6.08 Å². The molecule has 114 valence electrons. The summed E-state index contributed by atoms with van der Waals surface area (Å²) in [5, 5.41) is 4.10. The minimum atomic E-state index is 0.121. The quantitative estimate of drug-likeness (QED) is 0.475. The lowest BCUT2D eigenvalue weighted by Gasteiger charge is -2.12. The first kappa shape index (κ1) is 16.8. The Labute approximate surface area is 129 Å². The number of methoxy groups -OCH3 is 3. The van der Waals surface area contributed by atoms with Crippen LogP contribution in [0.15, 0.2) is 23.3 Å². The molecule has 0 atom stereocenters. The van der Waals surface area contributed by atoms with Gasteiger partial charge in [-0.15, -0.1) is 0 Å².